The number of urea groups is 1. The van der Waals surface area contributed by atoms with Gasteiger partial charge in [0.2, 0.25) is 5.91 Å². The number of hydrogen-bond donors (Lipinski definition) is 1. The first-order valence-corrected chi connectivity index (χ1v) is 11.4. The number of amides is 3. The summed E-state index contributed by atoms with van der Waals surface area (Å²) in [4.78, 5) is 26.8. The van der Waals surface area contributed by atoms with Gasteiger partial charge in [0.05, 0.1) is 11.7 Å². The van der Waals surface area contributed by atoms with Gasteiger partial charge in [0.25, 0.3) is 10.0 Å². The molecule has 0 aromatic heterocycles. The first kappa shape index (κ1) is 19.7. The van der Waals surface area contributed by atoms with Crippen LogP contribution in [0.15, 0.2) is 53.4 Å². The van der Waals surface area contributed by atoms with E-state index in [-0.39, 0.29) is 22.5 Å². The Hall–Kier alpha value is -3.20. The number of carbonyl (C=O) groups excluding carboxylic acids is 2. The normalized spacial score (nSPS) is 23.4. The molecule has 2 bridgehead atoms. The Bertz CT molecular complexity index is 1260. The predicted molar refractivity (Wildman–Crippen MR) is 112 cm³/mol. The number of nitrogens with one attached hydrogen (secondary N) is 1. The lowest BCUT2D eigenvalue weighted by molar-refractivity contribution is -0.131. The van der Waals surface area contributed by atoms with E-state index in [9.17, 15) is 22.4 Å². The molecule has 2 aliphatic heterocycles. The molecule has 2 aromatic carbocycles. The highest BCUT2D eigenvalue weighted by Crippen LogP contribution is 2.42. The molecule has 7 nitrogen and oxygen atoms in total. The molecule has 160 valence electrons. The van der Waals surface area contributed by atoms with Crippen LogP contribution in [0.4, 0.5) is 14.9 Å². The number of rotatable bonds is 3. The van der Waals surface area contributed by atoms with Crippen LogP contribution in [0.5, 0.6) is 0 Å². The molecule has 5 rings (SSSR count). The number of sulfonamides is 1. The smallest absolute Gasteiger partial charge is 0.333 e. The fourth-order valence-corrected chi connectivity index (χ4v) is 6.07. The summed E-state index contributed by atoms with van der Waals surface area (Å²) < 4.78 is 39.9. The number of hydrogen-bond acceptors (Lipinski definition) is 4. The molecule has 1 aliphatic carbocycles. The Balaban J connectivity index is 1.40. The van der Waals surface area contributed by atoms with Crippen molar-refractivity contribution >= 4 is 33.2 Å². The van der Waals surface area contributed by atoms with Gasteiger partial charge in [-0.25, -0.2) is 21.9 Å². The highest BCUT2D eigenvalue weighted by Gasteiger charge is 2.44. The molecular formula is C22H20FN3O4S. The van der Waals surface area contributed by atoms with Crippen molar-refractivity contribution in [1.82, 2.24) is 9.21 Å². The van der Waals surface area contributed by atoms with Crippen molar-refractivity contribution < 1.29 is 22.4 Å². The number of aryl methyl sites for hydroxylation is 1. The number of halogens is 1. The van der Waals surface area contributed by atoms with Crippen molar-refractivity contribution in [3.05, 3.63) is 65.5 Å². The van der Waals surface area contributed by atoms with Crippen LogP contribution in [0, 0.1) is 18.7 Å². The summed E-state index contributed by atoms with van der Waals surface area (Å²) in [7, 11) is -4.34. The van der Waals surface area contributed by atoms with Crippen molar-refractivity contribution in [3.63, 3.8) is 0 Å². The number of benzene rings is 2. The fraction of sp³-hybridized carbons (Fsp3) is 0.273. The summed E-state index contributed by atoms with van der Waals surface area (Å²) in [5, 5.41) is 2.42. The van der Waals surface area contributed by atoms with E-state index in [1.807, 2.05) is 25.1 Å². The summed E-state index contributed by atoms with van der Waals surface area (Å²) in [6.45, 7) is 1.86. The number of likely N-dealkylation sites (tertiary alicyclic amines) is 1. The molecule has 2 heterocycles. The molecule has 0 saturated carbocycles. The molecule has 3 aliphatic rings. The lowest BCUT2D eigenvalue weighted by Gasteiger charge is -2.33. The number of nitrogens with zero attached hydrogens (tertiary/aromatic N) is 2. The van der Waals surface area contributed by atoms with Gasteiger partial charge in [0.1, 0.15) is 17.3 Å². The van der Waals surface area contributed by atoms with Gasteiger partial charge in [-0.2, -0.15) is 0 Å². The number of carbonyl (C=O) groups is 2. The van der Waals surface area contributed by atoms with Crippen molar-refractivity contribution in [2.75, 3.05) is 18.4 Å². The average molecular weight is 441 g/mol. The lowest BCUT2D eigenvalue weighted by Crippen LogP contribution is -2.50. The third kappa shape index (κ3) is 3.20. The van der Waals surface area contributed by atoms with Crippen molar-refractivity contribution in [2.45, 2.75) is 24.3 Å². The second-order valence-corrected chi connectivity index (χ2v) is 9.96. The standard InChI is InChI=1S/C22H20FN3O4S/c1-13-3-2-4-15(7-13)17-8-14-9-19(17)25(11-14)21(27)12-26-22(28)24-18-6-5-16(23)10-20(18)31(26,29)30/h2-8,10,14,19H,9,11-12H2,1H3,(H,24,28)/t14-,19-/m0/s1. The average Bonchev–Trinajstić information content (AvgIpc) is 3.33. The molecule has 2 aromatic rings. The lowest BCUT2D eigenvalue weighted by atomic mass is 9.98. The van der Waals surface area contributed by atoms with Crippen LogP contribution in [0.2, 0.25) is 0 Å². The summed E-state index contributed by atoms with van der Waals surface area (Å²) >= 11 is 0. The first-order chi connectivity index (χ1) is 14.7. The monoisotopic (exact) mass is 441 g/mol. The van der Waals surface area contributed by atoms with Crippen LogP contribution >= 0.6 is 0 Å². The third-order valence-corrected chi connectivity index (χ3v) is 7.81. The molecule has 31 heavy (non-hydrogen) atoms. The maximum absolute atomic E-state index is 13.6. The molecule has 1 fully saturated rings. The van der Waals surface area contributed by atoms with Gasteiger partial charge in [-0.1, -0.05) is 35.9 Å². The Labute approximate surface area is 179 Å². The molecular weight excluding hydrogens is 421 g/mol. The Morgan fingerprint density at radius 3 is 2.77 bits per heavy atom. The van der Waals surface area contributed by atoms with E-state index in [0.717, 1.165) is 35.3 Å². The molecule has 1 saturated heterocycles. The quantitative estimate of drug-likeness (QED) is 0.794. The van der Waals surface area contributed by atoms with Crippen molar-refractivity contribution in [2.24, 2.45) is 5.92 Å². The van der Waals surface area contributed by atoms with Gasteiger partial charge in [0.15, 0.2) is 0 Å². The molecule has 2 atom stereocenters. The zero-order valence-electron chi connectivity index (χ0n) is 16.7. The predicted octanol–water partition coefficient (Wildman–Crippen LogP) is 2.98. The largest absolute Gasteiger partial charge is 0.336 e. The fourth-order valence-electron chi connectivity index (χ4n) is 4.63. The van der Waals surface area contributed by atoms with E-state index < -0.39 is 34.3 Å². The highest BCUT2D eigenvalue weighted by molar-refractivity contribution is 7.90. The maximum atomic E-state index is 13.6. The van der Waals surface area contributed by atoms with Crippen LogP contribution in [-0.4, -0.2) is 48.7 Å². The van der Waals surface area contributed by atoms with Gasteiger partial charge in [-0.15, -0.1) is 0 Å². The highest BCUT2D eigenvalue weighted by atomic mass is 32.2. The van der Waals surface area contributed by atoms with E-state index in [1.54, 1.807) is 4.90 Å². The van der Waals surface area contributed by atoms with Gasteiger partial charge in [-0.05, 0) is 48.6 Å². The van der Waals surface area contributed by atoms with Gasteiger partial charge >= 0.3 is 6.03 Å². The summed E-state index contributed by atoms with van der Waals surface area (Å²) in [5.74, 6) is -0.995. The first-order valence-electron chi connectivity index (χ1n) is 9.95. The Kier molecular flexibility index (Phi) is 4.40. The van der Waals surface area contributed by atoms with E-state index in [2.05, 4.69) is 17.5 Å². The summed E-state index contributed by atoms with van der Waals surface area (Å²) in [6.07, 6.45) is 2.95. The SMILES string of the molecule is Cc1cccc(C2=C[C@H]3C[C@@H]2N(C(=O)CN2C(=O)Nc4ccc(F)cc4S2(=O)=O)C3)c1. The number of fused-ring (bicyclic) bond motifs is 3. The minimum Gasteiger partial charge on any atom is -0.333 e. The third-order valence-electron chi connectivity index (χ3n) is 6.04. The summed E-state index contributed by atoms with van der Waals surface area (Å²) in [6, 6.07) is 10.0. The van der Waals surface area contributed by atoms with Crippen LogP contribution in [0.1, 0.15) is 17.5 Å². The second-order valence-electron chi connectivity index (χ2n) is 8.13. The number of anilines is 1. The second kappa shape index (κ2) is 6.91. The van der Waals surface area contributed by atoms with Gasteiger partial charge in [-0.3, -0.25) is 4.79 Å². The zero-order valence-corrected chi connectivity index (χ0v) is 17.5. The molecule has 0 unspecified atom stereocenters. The summed E-state index contributed by atoms with van der Waals surface area (Å²) in [5.41, 5.74) is 3.20. The van der Waals surface area contributed by atoms with Gasteiger partial charge in [0, 0.05) is 6.54 Å². The molecule has 0 spiro atoms. The zero-order chi connectivity index (χ0) is 21.9. The van der Waals surface area contributed by atoms with Crippen LogP contribution in [0.25, 0.3) is 5.57 Å². The Morgan fingerprint density at radius 1 is 1.23 bits per heavy atom. The van der Waals surface area contributed by atoms with Crippen molar-refractivity contribution in [1.29, 1.82) is 0 Å². The molecule has 0 radical (unpaired) electrons. The molecule has 3 amide bonds. The topological polar surface area (TPSA) is 86.8 Å². The molecule has 9 heteroatoms. The van der Waals surface area contributed by atoms with E-state index in [0.29, 0.717) is 10.8 Å². The van der Waals surface area contributed by atoms with Crippen LogP contribution in [0.3, 0.4) is 0 Å². The van der Waals surface area contributed by atoms with E-state index in [1.165, 1.54) is 6.07 Å². The maximum Gasteiger partial charge on any atom is 0.336 e. The minimum atomic E-state index is -4.34. The van der Waals surface area contributed by atoms with Crippen LogP contribution < -0.4 is 5.32 Å². The molecule has 1 N–H and O–H groups in total. The van der Waals surface area contributed by atoms with Gasteiger partial charge < -0.3 is 10.2 Å². The van der Waals surface area contributed by atoms with Crippen LogP contribution in [-0.2, 0) is 14.8 Å². The van der Waals surface area contributed by atoms with E-state index >= 15 is 0 Å². The minimum absolute atomic E-state index is 0.00000422. The Morgan fingerprint density at radius 2 is 2.03 bits per heavy atom. The van der Waals surface area contributed by atoms with E-state index in [4.69, 9.17) is 0 Å². The van der Waals surface area contributed by atoms with Crippen molar-refractivity contribution in [3.8, 4) is 0 Å².